The van der Waals surface area contributed by atoms with E-state index in [4.69, 9.17) is 21.1 Å². The van der Waals surface area contributed by atoms with Gasteiger partial charge in [0.1, 0.15) is 6.54 Å². The average molecular weight is 386 g/mol. The minimum absolute atomic E-state index is 0.136. The van der Waals surface area contributed by atoms with E-state index >= 15 is 0 Å². The lowest BCUT2D eigenvalue weighted by Crippen LogP contribution is -2.34. The number of aromatic nitrogens is 2. The molecule has 0 spiro atoms. The molecule has 4 rings (SSSR count). The van der Waals surface area contributed by atoms with E-state index in [1.165, 1.54) is 10.9 Å². The maximum absolute atomic E-state index is 12.6. The normalized spacial score (nSPS) is 13.6. The highest BCUT2D eigenvalue weighted by Crippen LogP contribution is 2.34. The topological polar surface area (TPSA) is 82.5 Å². The first-order valence-electron chi connectivity index (χ1n) is 8.35. The van der Waals surface area contributed by atoms with Gasteiger partial charge in [0.25, 0.3) is 5.56 Å². The number of ether oxygens (including phenoxy) is 2. The smallest absolute Gasteiger partial charge is 0.261 e. The van der Waals surface area contributed by atoms with Crippen LogP contribution in [0, 0.1) is 0 Å². The van der Waals surface area contributed by atoms with Gasteiger partial charge in [0.05, 0.1) is 23.3 Å². The van der Waals surface area contributed by atoms with Crippen LogP contribution in [0.4, 0.5) is 0 Å². The number of carbonyl (C=O) groups excluding carboxylic acids is 1. The lowest BCUT2D eigenvalue weighted by atomic mass is 10.1. The first-order chi connectivity index (χ1) is 13.0. The van der Waals surface area contributed by atoms with Crippen LogP contribution in [0.15, 0.2) is 47.5 Å². The van der Waals surface area contributed by atoms with Crippen molar-refractivity contribution < 1.29 is 14.3 Å². The number of benzene rings is 2. The fourth-order valence-corrected chi connectivity index (χ4v) is 3.12. The number of carbonyl (C=O) groups is 1. The summed E-state index contributed by atoms with van der Waals surface area (Å²) in [7, 11) is 0. The Bertz CT molecular complexity index is 1100. The van der Waals surface area contributed by atoms with Gasteiger partial charge in [0.2, 0.25) is 12.7 Å². The molecule has 27 heavy (non-hydrogen) atoms. The van der Waals surface area contributed by atoms with Gasteiger partial charge in [0, 0.05) is 5.02 Å². The molecule has 0 aliphatic carbocycles. The predicted octanol–water partition coefficient (Wildman–Crippen LogP) is 2.66. The number of hydrogen-bond donors (Lipinski definition) is 1. The van der Waals surface area contributed by atoms with Crippen molar-refractivity contribution in [1.29, 1.82) is 0 Å². The summed E-state index contributed by atoms with van der Waals surface area (Å²) in [5.74, 6) is 1.04. The van der Waals surface area contributed by atoms with Crippen LogP contribution in [-0.4, -0.2) is 22.3 Å². The van der Waals surface area contributed by atoms with Crippen LogP contribution in [0.1, 0.15) is 18.5 Å². The van der Waals surface area contributed by atoms with E-state index in [-0.39, 0.29) is 30.8 Å². The van der Waals surface area contributed by atoms with Crippen molar-refractivity contribution in [3.05, 3.63) is 63.7 Å². The molecule has 1 amide bonds. The Morgan fingerprint density at radius 3 is 2.93 bits per heavy atom. The summed E-state index contributed by atoms with van der Waals surface area (Å²) < 4.78 is 11.9. The van der Waals surface area contributed by atoms with Crippen molar-refractivity contribution in [3.8, 4) is 11.5 Å². The lowest BCUT2D eigenvalue weighted by molar-refractivity contribution is -0.122. The third-order valence-electron chi connectivity index (χ3n) is 4.37. The molecule has 0 radical (unpaired) electrons. The monoisotopic (exact) mass is 385 g/mol. The summed E-state index contributed by atoms with van der Waals surface area (Å²) in [5, 5.41) is 3.69. The molecule has 7 nitrogen and oxygen atoms in total. The van der Waals surface area contributed by atoms with E-state index in [1.807, 2.05) is 25.1 Å². The molecule has 3 aromatic rings. The number of amides is 1. The SMILES string of the molecule is C[C@@H](NC(=O)Cn1cnc2ccc(Cl)cc2c1=O)c1ccc2c(c1)OCO2. The van der Waals surface area contributed by atoms with E-state index < -0.39 is 0 Å². The van der Waals surface area contributed by atoms with Gasteiger partial charge in [-0.2, -0.15) is 0 Å². The highest BCUT2D eigenvalue weighted by Gasteiger charge is 2.17. The molecular weight excluding hydrogens is 370 g/mol. The molecule has 2 aromatic carbocycles. The molecular formula is C19H16ClN3O4. The number of fused-ring (bicyclic) bond motifs is 2. The first-order valence-corrected chi connectivity index (χ1v) is 8.72. The van der Waals surface area contributed by atoms with Crippen LogP contribution >= 0.6 is 11.6 Å². The number of nitrogens with zero attached hydrogens (tertiary/aromatic N) is 2. The predicted molar refractivity (Wildman–Crippen MR) is 100 cm³/mol. The van der Waals surface area contributed by atoms with E-state index in [9.17, 15) is 9.59 Å². The van der Waals surface area contributed by atoms with Gasteiger partial charge in [-0.15, -0.1) is 0 Å². The Hall–Kier alpha value is -3.06. The molecule has 0 bridgehead atoms. The van der Waals surface area contributed by atoms with Gasteiger partial charge < -0.3 is 14.8 Å². The molecule has 1 N–H and O–H groups in total. The molecule has 1 aromatic heterocycles. The van der Waals surface area contributed by atoms with Gasteiger partial charge >= 0.3 is 0 Å². The summed E-state index contributed by atoms with van der Waals surface area (Å²) in [6.45, 7) is 1.92. The number of halogens is 1. The van der Waals surface area contributed by atoms with Crippen LogP contribution in [0.2, 0.25) is 5.02 Å². The molecule has 8 heteroatoms. The van der Waals surface area contributed by atoms with Crippen LogP contribution in [0.5, 0.6) is 11.5 Å². The van der Waals surface area contributed by atoms with Gasteiger partial charge in [-0.25, -0.2) is 4.98 Å². The third kappa shape index (κ3) is 3.46. The zero-order valence-electron chi connectivity index (χ0n) is 14.4. The highest BCUT2D eigenvalue weighted by atomic mass is 35.5. The minimum atomic E-state index is -0.312. The molecule has 1 aliphatic rings. The molecule has 0 saturated carbocycles. The molecule has 0 fully saturated rings. The maximum atomic E-state index is 12.6. The number of hydrogen-bond acceptors (Lipinski definition) is 5. The standard InChI is InChI=1S/C19H16ClN3O4/c1-11(12-2-5-16-17(6-12)27-10-26-16)22-18(24)8-23-9-21-15-4-3-13(20)7-14(15)19(23)25/h2-7,9,11H,8,10H2,1H3,(H,22,24)/t11-/m1/s1. The van der Waals surface area contributed by atoms with Crippen LogP contribution in [0.3, 0.4) is 0 Å². The van der Waals surface area contributed by atoms with Gasteiger partial charge in [-0.05, 0) is 42.8 Å². The van der Waals surface area contributed by atoms with Crippen molar-refractivity contribution in [2.24, 2.45) is 0 Å². The Labute approximate surface area is 159 Å². The van der Waals surface area contributed by atoms with E-state index in [0.29, 0.717) is 27.4 Å². The maximum Gasteiger partial charge on any atom is 0.261 e. The van der Waals surface area contributed by atoms with Crippen molar-refractivity contribution in [2.45, 2.75) is 19.5 Å². The fourth-order valence-electron chi connectivity index (χ4n) is 2.95. The summed E-state index contributed by atoms with van der Waals surface area (Å²) in [5.41, 5.74) is 1.10. The van der Waals surface area contributed by atoms with Crippen LogP contribution in [-0.2, 0) is 11.3 Å². The zero-order valence-corrected chi connectivity index (χ0v) is 15.2. The van der Waals surface area contributed by atoms with Crippen molar-refractivity contribution in [3.63, 3.8) is 0 Å². The summed E-state index contributed by atoms with van der Waals surface area (Å²) >= 11 is 5.95. The second-order valence-electron chi connectivity index (χ2n) is 6.24. The largest absolute Gasteiger partial charge is 0.454 e. The Morgan fingerprint density at radius 1 is 1.26 bits per heavy atom. The second-order valence-corrected chi connectivity index (χ2v) is 6.68. The Morgan fingerprint density at radius 2 is 2.07 bits per heavy atom. The summed E-state index contributed by atoms with van der Waals surface area (Å²) in [4.78, 5) is 29.2. The molecule has 0 saturated heterocycles. The van der Waals surface area contributed by atoms with Gasteiger partial charge in [-0.1, -0.05) is 17.7 Å². The Balaban J connectivity index is 1.50. The quantitative estimate of drug-likeness (QED) is 0.746. The number of rotatable bonds is 4. The molecule has 138 valence electrons. The van der Waals surface area contributed by atoms with Gasteiger partial charge in [-0.3, -0.25) is 14.2 Å². The van der Waals surface area contributed by atoms with E-state index in [0.717, 1.165) is 5.56 Å². The molecule has 1 atom stereocenters. The van der Waals surface area contributed by atoms with Crippen molar-refractivity contribution in [1.82, 2.24) is 14.9 Å². The van der Waals surface area contributed by atoms with Crippen molar-refractivity contribution in [2.75, 3.05) is 6.79 Å². The van der Waals surface area contributed by atoms with E-state index in [2.05, 4.69) is 10.3 Å². The highest BCUT2D eigenvalue weighted by molar-refractivity contribution is 6.31. The number of nitrogens with one attached hydrogen (secondary N) is 1. The molecule has 0 unspecified atom stereocenters. The molecule has 1 aliphatic heterocycles. The third-order valence-corrected chi connectivity index (χ3v) is 4.61. The zero-order chi connectivity index (χ0) is 19.0. The lowest BCUT2D eigenvalue weighted by Gasteiger charge is -2.15. The summed E-state index contributed by atoms with van der Waals surface area (Å²) in [6, 6.07) is 10.1. The van der Waals surface area contributed by atoms with Gasteiger partial charge in [0.15, 0.2) is 11.5 Å². The Kier molecular flexibility index (Phi) is 4.45. The first kappa shape index (κ1) is 17.4. The second kappa shape index (κ2) is 6.92. The average Bonchev–Trinajstić information content (AvgIpc) is 3.12. The van der Waals surface area contributed by atoms with E-state index in [1.54, 1.807) is 18.2 Å². The minimum Gasteiger partial charge on any atom is -0.454 e. The molecule has 2 heterocycles. The van der Waals surface area contributed by atoms with Crippen LogP contribution < -0.4 is 20.3 Å². The van der Waals surface area contributed by atoms with Crippen molar-refractivity contribution >= 4 is 28.4 Å². The summed E-state index contributed by atoms with van der Waals surface area (Å²) in [6.07, 6.45) is 1.36. The van der Waals surface area contributed by atoms with Crippen LogP contribution in [0.25, 0.3) is 10.9 Å². The fraction of sp³-hybridized carbons (Fsp3) is 0.211.